The van der Waals surface area contributed by atoms with Crippen LogP contribution in [0.3, 0.4) is 0 Å². The minimum absolute atomic E-state index is 0.00760. The molecule has 0 spiro atoms. The van der Waals surface area contributed by atoms with Gasteiger partial charge in [-0.2, -0.15) is 0 Å². The van der Waals surface area contributed by atoms with E-state index in [0.717, 1.165) is 23.2 Å². The van der Waals surface area contributed by atoms with Gasteiger partial charge in [-0.25, -0.2) is 4.90 Å². The maximum Gasteiger partial charge on any atom is 0.238 e. The zero-order valence-corrected chi connectivity index (χ0v) is 12.6. The number of benzene rings is 1. The van der Waals surface area contributed by atoms with E-state index in [1.807, 2.05) is 19.9 Å². The van der Waals surface area contributed by atoms with E-state index in [9.17, 15) is 9.59 Å². The Morgan fingerprint density at radius 2 is 1.38 bits per heavy atom. The molecule has 1 aromatic rings. The van der Waals surface area contributed by atoms with Crippen LogP contribution in [0.2, 0.25) is 0 Å². The first-order valence-corrected chi connectivity index (χ1v) is 7.63. The number of carbonyl (C=O) groups is 2. The molecule has 2 aliphatic carbocycles. The fourth-order valence-electron chi connectivity index (χ4n) is 4.33. The summed E-state index contributed by atoms with van der Waals surface area (Å²) in [4.78, 5) is 27.1. The minimum atomic E-state index is -0.117. The Morgan fingerprint density at radius 1 is 0.857 bits per heavy atom. The van der Waals surface area contributed by atoms with Crippen LogP contribution < -0.4 is 4.90 Å². The quantitative estimate of drug-likeness (QED) is 0.586. The van der Waals surface area contributed by atoms with Crippen molar-refractivity contribution >= 4 is 17.5 Å². The number of anilines is 1. The second-order valence-corrected chi connectivity index (χ2v) is 6.73. The highest BCUT2D eigenvalue weighted by atomic mass is 16.2. The lowest BCUT2D eigenvalue weighted by Gasteiger charge is -2.20. The standard InChI is InChI=1S/C18H19NO2/c1-9-6-11(3)14(7-10(9)2)19-17(20)15-12-4-5-13(8-12)16(15)18(19)21/h4-7,12-13,15-16H,8H2,1-3H3. The topological polar surface area (TPSA) is 37.4 Å². The third kappa shape index (κ3) is 1.55. The molecule has 1 saturated heterocycles. The molecule has 21 heavy (non-hydrogen) atoms. The lowest BCUT2D eigenvalue weighted by Crippen LogP contribution is -2.33. The van der Waals surface area contributed by atoms with Crippen LogP contribution in [0.4, 0.5) is 5.69 Å². The molecule has 4 atom stereocenters. The molecule has 3 heteroatoms. The molecule has 1 saturated carbocycles. The number of fused-ring (bicyclic) bond motifs is 5. The van der Waals surface area contributed by atoms with Gasteiger partial charge in [0.1, 0.15) is 0 Å². The molecule has 4 unspecified atom stereocenters. The molecule has 2 amide bonds. The lowest BCUT2D eigenvalue weighted by molar-refractivity contribution is -0.123. The number of amides is 2. The van der Waals surface area contributed by atoms with E-state index in [1.54, 1.807) is 0 Å². The Morgan fingerprint density at radius 3 is 1.95 bits per heavy atom. The largest absolute Gasteiger partial charge is 0.274 e. The summed E-state index contributed by atoms with van der Waals surface area (Å²) in [5, 5.41) is 0. The van der Waals surface area contributed by atoms with Crippen molar-refractivity contribution in [1.29, 1.82) is 0 Å². The van der Waals surface area contributed by atoms with Crippen molar-refractivity contribution in [2.24, 2.45) is 23.7 Å². The molecule has 0 aromatic heterocycles. The van der Waals surface area contributed by atoms with E-state index in [2.05, 4.69) is 25.1 Å². The molecular weight excluding hydrogens is 262 g/mol. The molecule has 2 fully saturated rings. The first-order valence-electron chi connectivity index (χ1n) is 7.63. The van der Waals surface area contributed by atoms with Crippen LogP contribution in [0.15, 0.2) is 24.3 Å². The Kier molecular flexibility index (Phi) is 2.48. The zero-order chi connectivity index (χ0) is 14.9. The first kappa shape index (κ1) is 12.8. The van der Waals surface area contributed by atoms with Crippen molar-refractivity contribution in [3.63, 3.8) is 0 Å². The molecule has 3 aliphatic rings. The van der Waals surface area contributed by atoms with Crippen LogP contribution in [0.1, 0.15) is 23.1 Å². The molecule has 3 nitrogen and oxygen atoms in total. The molecule has 1 aromatic carbocycles. The summed E-state index contributed by atoms with van der Waals surface area (Å²) in [6.45, 7) is 6.05. The number of carbonyl (C=O) groups excluding carboxylic acids is 2. The summed E-state index contributed by atoms with van der Waals surface area (Å²) < 4.78 is 0. The number of aryl methyl sites for hydroxylation is 3. The van der Waals surface area contributed by atoms with Gasteiger partial charge >= 0.3 is 0 Å². The summed E-state index contributed by atoms with van der Waals surface area (Å²) in [6.07, 6.45) is 5.24. The molecule has 4 rings (SSSR count). The Hall–Kier alpha value is -1.90. The maximum absolute atomic E-state index is 12.8. The minimum Gasteiger partial charge on any atom is -0.274 e. The summed E-state index contributed by atoms with van der Waals surface area (Å²) in [5.74, 6) is 0.324. The number of hydrogen-bond donors (Lipinski definition) is 0. The van der Waals surface area contributed by atoms with Gasteiger partial charge < -0.3 is 0 Å². The third-order valence-electron chi connectivity index (χ3n) is 5.52. The van der Waals surface area contributed by atoms with Crippen LogP contribution in [0.25, 0.3) is 0 Å². The van der Waals surface area contributed by atoms with Crippen LogP contribution in [-0.2, 0) is 9.59 Å². The lowest BCUT2D eigenvalue weighted by atomic mass is 9.85. The second kappa shape index (κ2) is 4.06. The van der Waals surface area contributed by atoms with Gasteiger partial charge in [-0.05, 0) is 61.8 Å². The average molecular weight is 281 g/mol. The summed E-state index contributed by atoms with van der Waals surface area (Å²) in [6, 6.07) is 4.04. The van der Waals surface area contributed by atoms with Gasteiger partial charge in [0, 0.05) is 0 Å². The second-order valence-electron chi connectivity index (χ2n) is 6.73. The van der Waals surface area contributed by atoms with E-state index >= 15 is 0 Å². The Labute approximate surface area is 124 Å². The third-order valence-corrected chi connectivity index (χ3v) is 5.52. The van der Waals surface area contributed by atoms with E-state index < -0.39 is 0 Å². The van der Waals surface area contributed by atoms with Gasteiger partial charge in [0.05, 0.1) is 17.5 Å². The number of hydrogen-bond acceptors (Lipinski definition) is 2. The summed E-state index contributed by atoms with van der Waals surface area (Å²) in [5.41, 5.74) is 4.09. The number of allylic oxidation sites excluding steroid dienone is 2. The molecule has 1 aliphatic heterocycles. The summed E-state index contributed by atoms with van der Waals surface area (Å²) in [7, 11) is 0. The smallest absolute Gasteiger partial charge is 0.238 e. The van der Waals surface area contributed by atoms with E-state index in [-0.39, 0.29) is 35.5 Å². The van der Waals surface area contributed by atoms with E-state index in [1.165, 1.54) is 10.5 Å². The van der Waals surface area contributed by atoms with Crippen molar-refractivity contribution in [3.8, 4) is 0 Å². The van der Waals surface area contributed by atoms with Crippen molar-refractivity contribution in [1.82, 2.24) is 0 Å². The van der Waals surface area contributed by atoms with Gasteiger partial charge in [-0.15, -0.1) is 0 Å². The Bertz CT molecular complexity index is 673. The average Bonchev–Trinajstić information content (AvgIpc) is 3.09. The molecule has 0 N–H and O–H groups in total. The van der Waals surface area contributed by atoms with Crippen LogP contribution in [0, 0.1) is 44.4 Å². The van der Waals surface area contributed by atoms with Crippen molar-refractivity contribution < 1.29 is 9.59 Å². The number of rotatable bonds is 1. The van der Waals surface area contributed by atoms with Gasteiger partial charge in [-0.3, -0.25) is 9.59 Å². The number of imide groups is 1. The highest BCUT2D eigenvalue weighted by Gasteiger charge is 2.59. The normalized spacial score (nSPS) is 33.2. The van der Waals surface area contributed by atoms with Gasteiger partial charge in [0.25, 0.3) is 0 Å². The predicted octanol–water partition coefficient (Wildman–Crippen LogP) is 2.92. The fraction of sp³-hybridized carbons (Fsp3) is 0.444. The van der Waals surface area contributed by atoms with Crippen molar-refractivity contribution in [3.05, 3.63) is 41.0 Å². The van der Waals surface area contributed by atoms with Crippen LogP contribution in [0.5, 0.6) is 0 Å². The highest BCUT2D eigenvalue weighted by molar-refractivity contribution is 6.23. The first-order chi connectivity index (χ1) is 9.99. The Balaban J connectivity index is 1.80. The SMILES string of the molecule is Cc1cc(C)c(N2C(=O)C3C4C=CC(C4)C3C2=O)cc1C. The van der Waals surface area contributed by atoms with Gasteiger partial charge in [-0.1, -0.05) is 18.2 Å². The van der Waals surface area contributed by atoms with Gasteiger partial charge in [0.2, 0.25) is 11.8 Å². The van der Waals surface area contributed by atoms with Gasteiger partial charge in [0.15, 0.2) is 0 Å². The molecule has 108 valence electrons. The van der Waals surface area contributed by atoms with Crippen molar-refractivity contribution in [2.45, 2.75) is 27.2 Å². The van der Waals surface area contributed by atoms with E-state index in [0.29, 0.717) is 0 Å². The fourth-order valence-corrected chi connectivity index (χ4v) is 4.33. The molecule has 0 radical (unpaired) electrons. The number of nitrogens with zero attached hydrogens (tertiary/aromatic N) is 1. The van der Waals surface area contributed by atoms with Crippen LogP contribution in [-0.4, -0.2) is 11.8 Å². The monoisotopic (exact) mass is 281 g/mol. The van der Waals surface area contributed by atoms with E-state index in [4.69, 9.17) is 0 Å². The summed E-state index contributed by atoms with van der Waals surface area (Å²) >= 11 is 0. The maximum atomic E-state index is 12.8. The zero-order valence-electron chi connectivity index (χ0n) is 12.6. The predicted molar refractivity (Wildman–Crippen MR) is 80.9 cm³/mol. The highest BCUT2D eigenvalue weighted by Crippen LogP contribution is 2.53. The van der Waals surface area contributed by atoms with Crippen molar-refractivity contribution in [2.75, 3.05) is 4.90 Å². The van der Waals surface area contributed by atoms with Crippen LogP contribution >= 0.6 is 0 Å². The molecule has 1 heterocycles. The molecular formula is C18H19NO2. The molecule has 2 bridgehead atoms.